The molecule has 3 aromatic heterocycles. The number of rotatable bonds is 6. The highest BCUT2D eigenvalue weighted by atomic mass is 35.5. The summed E-state index contributed by atoms with van der Waals surface area (Å²) < 4.78 is 45.3. The van der Waals surface area contributed by atoms with Gasteiger partial charge in [-0.15, -0.1) is 5.10 Å². The van der Waals surface area contributed by atoms with Crippen LogP contribution in [0.25, 0.3) is 5.69 Å². The molecule has 0 aliphatic carbocycles. The molecule has 0 saturated carbocycles. The highest BCUT2D eigenvalue weighted by molar-refractivity contribution is 6.30. The SMILES string of the molecule is O=C(c1ncccc1-n1cnc([C@@](O)(C(c2ccc(Cl)cc2)c2n[nH]c(=O)[nH]2)C(F)(F)F)n1)N1CCCCC1. The molecule has 39 heavy (non-hydrogen) atoms. The molecule has 4 aromatic rings. The number of alkyl halides is 3. The van der Waals surface area contributed by atoms with Gasteiger partial charge in [-0.25, -0.2) is 24.5 Å². The molecule has 1 aliphatic rings. The van der Waals surface area contributed by atoms with Crippen LogP contribution in [0.2, 0.25) is 5.02 Å². The van der Waals surface area contributed by atoms with E-state index in [0.717, 1.165) is 30.3 Å². The Bertz CT molecular complexity index is 1530. The van der Waals surface area contributed by atoms with Crippen LogP contribution in [0.1, 0.15) is 52.9 Å². The molecule has 1 aliphatic heterocycles. The Labute approximate surface area is 223 Å². The van der Waals surface area contributed by atoms with Gasteiger partial charge in [-0.05, 0) is 49.1 Å². The highest BCUT2D eigenvalue weighted by Crippen LogP contribution is 2.49. The van der Waals surface area contributed by atoms with Crippen molar-refractivity contribution in [1.29, 1.82) is 0 Å². The number of piperidine rings is 1. The van der Waals surface area contributed by atoms with Gasteiger partial charge >= 0.3 is 11.9 Å². The van der Waals surface area contributed by atoms with E-state index in [1.807, 2.05) is 5.10 Å². The summed E-state index contributed by atoms with van der Waals surface area (Å²) in [7, 11) is 0. The van der Waals surface area contributed by atoms with Gasteiger partial charge in [0, 0.05) is 24.3 Å². The lowest BCUT2D eigenvalue weighted by molar-refractivity contribution is -0.276. The maximum absolute atomic E-state index is 14.8. The van der Waals surface area contributed by atoms with Crippen LogP contribution < -0.4 is 5.69 Å². The molecule has 1 aromatic carbocycles. The number of hydrogen-bond acceptors (Lipinski definition) is 7. The smallest absolute Gasteiger partial charge is 0.373 e. The molecule has 3 N–H and O–H groups in total. The lowest BCUT2D eigenvalue weighted by Crippen LogP contribution is -2.49. The van der Waals surface area contributed by atoms with Crippen molar-refractivity contribution in [3.63, 3.8) is 0 Å². The number of pyridine rings is 1. The number of benzene rings is 1. The van der Waals surface area contributed by atoms with Gasteiger partial charge in [0.15, 0.2) is 11.5 Å². The van der Waals surface area contributed by atoms with Crippen LogP contribution in [0.3, 0.4) is 0 Å². The number of H-pyrrole nitrogens is 2. The Morgan fingerprint density at radius 2 is 1.79 bits per heavy atom. The van der Waals surface area contributed by atoms with Gasteiger partial charge in [0.1, 0.15) is 12.2 Å². The monoisotopic (exact) mass is 562 g/mol. The van der Waals surface area contributed by atoms with Gasteiger partial charge in [-0.3, -0.25) is 9.78 Å². The average Bonchev–Trinajstić information content (AvgIpc) is 3.59. The maximum atomic E-state index is 14.8. The van der Waals surface area contributed by atoms with E-state index in [2.05, 4.69) is 25.1 Å². The first-order chi connectivity index (χ1) is 18.6. The van der Waals surface area contributed by atoms with Gasteiger partial charge < -0.3 is 10.0 Å². The number of halogens is 4. The molecule has 2 atom stereocenters. The number of aromatic nitrogens is 7. The molecular weight excluding hydrogens is 541 g/mol. The van der Waals surface area contributed by atoms with E-state index in [1.165, 1.54) is 42.6 Å². The summed E-state index contributed by atoms with van der Waals surface area (Å²) in [4.78, 5) is 36.8. The second kappa shape index (κ2) is 10.3. The first-order valence-corrected chi connectivity index (χ1v) is 12.3. The normalized spacial score (nSPS) is 16.6. The second-order valence-electron chi connectivity index (χ2n) is 9.05. The second-order valence-corrected chi connectivity index (χ2v) is 9.48. The number of nitrogens with one attached hydrogen (secondary N) is 2. The molecule has 1 saturated heterocycles. The van der Waals surface area contributed by atoms with Crippen LogP contribution >= 0.6 is 11.6 Å². The van der Waals surface area contributed by atoms with Crippen molar-refractivity contribution >= 4 is 17.5 Å². The number of aromatic amines is 2. The molecular formula is C24H22ClF3N8O3. The van der Waals surface area contributed by atoms with Gasteiger partial charge in [-0.1, -0.05) is 23.7 Å². The largest absolute Gasteiger partial charge is 0.425 e. The summed E-state index contributed by atoms with van der Waals surface area (Å²) in [5, 5.41) is 21.4. The number of nitrogens with zero attached hydrogens (tertiary/aromatic N) is 6. The van der Waals surface area contributed by atoms with Crippen LogP contribution in [-0.2, 0) is 5.60 Å². The van der Waals surface area contributed by atoms with Gasteiger partial charge in [-0.2, -0.15) is 18.3 Å². The Balaban J connectivity index is 1.62. The molecule has 0 bridgehead atoms. The number of hydrogen-bond donors (Lipinski definition) is 3. The Hall–Kier alpha value is -4.04. The zero-order chi connectivity index (χ0) is 27.8. The Kier molecular flexibility index (Phi) is 6.99. The molecule has 4 heterocycles. The lowest BCUT2D eigenvalue weighted by atomic mass is 9.80. The zero-order valence-electron chi connectivity index (χ0n) is 20.2. The minimum Gasteiger partial charge on any atom is -0.373 e. The predicted molar refractivity (Wildman–Crippen MR) is 131 cm³/mol. The number of carbonyl (C=O) groups is 1. The highest BCUT2D eigenvalue weighted by Gasteiger charge is 2.64. The molecule has 11 nitrogen and oxygen atoms in total. The summed E-state index contributed by atoms with van der Waals surface area (Å²) in [6.07, 6.45) is -0.321. The predicted octanol–water partition coefficient (Wildman–Crippen LogP) is 2.94. The standard InChI is InChI=1S/C24H22ClF3N8O3/c25-15-8-6-14(7-9-15)17(19-31-22(38)33-32-19)23(39,24(26,27)28)21-30-13-36(34-21)16-5-4-10-29-18(16)20(37)35-11-2-1-3-12-35/h4-10,13,17,39H,1-3,11-12H2,(H2,31,32,33,38)/t17?,23-/m0/s1. The van der Waals surface area contributed by atoms with Crippen LogP contribution in [0.15, 0.2) is 53.7 Å². The van der Waals surface area contributed by atoms with Crippen LogP contribution in [0, 0.1) is 0 Å². The molecule has 204 valence electrons. The van der Waals surface area contributed by atoms with E-state index in [0.29, 0.717) is 13.1 Å². The molecule has 1 amide bonds. The third-order valence-corrected chi connectivity index (χ3v) is 6.81. The average molecular weight is 563 g/mol. The minimum absolute atomic E-state index is 0.0164. The van der Waals surface area contributed by atoms with Crippen molar-refractivity contribution in [3.8, 4) is 5.69 Å². The fourth-order valence-corrected chi connectivity index (χ4v) is 4.76. The Morgan fingerprint density at radius 1 is 1.08 bits per heavy atom. The summed E-state index contributed by atoms with van der Waals surface area (Å²) in [5.74, 6) is -3.91. The van der Waals surface area contributed by atoms with E-state index in [-0.39, 0.29) is 27.9 Å². The van der Waals surface area contributed by atoms with E-state index in [4.69, 9.17) is 11.6 Å². The van der Waals surface area contributed by atoms with Crippen molar-refractivity contribution < 1.29 is 23.1 Å². The fourth-order valence-electron chi connectivity index (χ4n) is 4.64. The maximum Gasteiger partial charge on any atom is 0.425 e. The van der Waals surface area contributed by atoms with Crippen molar-refractivity contribution in [2.24, 2.45) is 0 Å². The fraction of sp³-hybridized carbons (Fsp3) is 0.333. The van der Waals surface area contributed by atoms with E-state index < -0.39 is 35.0 Å². The molecule has 1 unspecified atom stereocenters. The third-order valence-electron chi connectivity index (χ3n) is 6.56. The third kappa shape index (κ3) is 4.92. The Morgan fingerprint density at radius 3 is 2.44 bits per heavy atom. The molecule has 1 fully saturated rings. The van der Waals surface area contributed by atoms with Crippen molar-refractivity contribution in [3.05, 3.63) is 87.3 Å². The van der Waals surface area contributed by atoms with E-state index in [9.17, 15) is 27.9 Å². The first kappa shape index (κ1) is 26.6. The van der Waals surface area contributed by atoms with Crippen LogP contribution in [-0.4, -0.2) is 70.1 Å². The molecule has 0 spiro atoms. The zero-order valence-corrected chi connectivity index (χ0v) is 20.9. The summed E-state index contributed by atoms with van der Waals surface area (Å²) >= 11 is 5.93. The topological polar surface area (TPSA) is 146 Å². The van der Waals surface area contributed by atoms with Crippen molar-refractivity contribution in [2.75, 3.05) is 13.1 Å². The van der Waals surface area contributed by atoms with Crippen LogP contribution in [0.5, 0.6) is 0 Å². The minimum atomic E-state index is -5.35. The van der Waals surface area contributed by atoms with E-state index in [1.54, 1.807) is 4.90 Å². The number of likely N-dealkylation sites (tertiary alicyclic amines) is 1. The van der Waals surface area contributed by atoms with Crippen molar-refractivity contribution in [2.45, 2.75) is 37.0 Å². The first-order valence-electron chi connectivity index (χ1n) is 12.0. The summed E-state index contributed by atoms with van der Waals surface area (Å²) in [5.41, 5.74) is -4.63. The number of carbonyl (C=O) groups excluding carboxylic acids is 1. The van der Waals surface area contributed by atoms with Crippen molar-refractivity contribution in [1.82, 2.24) is 39.8 Å². The summed E-state index contributed by atoms with van der Waals surface area (Å²) in [6.45, 7) is 1.08. The van der Waals surface area contributed by atoms with E-state index >= 15 is 0 Å². The van der Waals surface area contributed by atoms with Gasteiger partial charge in [0.2, 0.25) is 5.60 Å². The van der Waals surface area contributed by atoms with Crippen LogP contribution in [0.4, 0.5) is 13.2 Å². The molecule has 15 heteroatoms. The quantitative estimate of drug-likeness (QED) is 0.327. The molecule has 5 rings (SSSR count). The number of aliphatic hydroxyl groups is 1. The number of amides is 1. The molecule has 0 radical (unpaired) electrons. The van der Waals surface area contributed by atoms with Gasteiger partial charge in [0.05, 0.1) is 11.6 Å². The lowest BCUT2D eigenvalue weighted by Gasteiger charge is -2.34. The van der Waals surface area contributed by atoms with Gasteiger partial charge in [0.25, 0.3) is 5.91 Å². The summed E-state index contributed by atoms with van der Waals surface area (Å²) in [6, 6.07) is 8.19.